The van der Waals surface area contributed by atoms with Crippen LogP contribution in [0, 0.1) is 5.82 Å². The Morgan fingerprint density at radius 1 is 1.21 bits per heavy atom. The topological polar surface area (TPSA) is 55.4 Å². The number of halogens is 2. The Hall–Kier alpha value is -2.40. The van der Waals surface area contributed by atoms with Gasteiger partial charge in [-0.3, -0.25) is 4.79 Å². The number of amides is 1. The minimum Gasteiger partial charge on any atom is -0.449 e. The van der Waals surface area contributed by atoms with E-state index in [1.54, 1.807) is 30.3 Å². The van der Waals surface area contributed by atoms with E-state index in [0.29, 0.717) is 18.0 Å². The Kier molecular flexibility index (Phi) is 6.32. The van der Waals surface area contributed by atoms with Gasteiger partial charge in [-0.15, -0.1) is 0 Å². The molecule has 24 heavy (non-hydrogen) atoms. The van der Waals surface area contributed by atoms with Crippen LogP contribution in [0.4, 0.5) is 4.39 Å². The van der Waals surface area contributed by atoms with Crippen molar-refractivity contribution in [2.24, 2.45) is 0 Å². The molecule has 0 aliphatic rings. The van der Waals surface area contributed by atoms with Crippen LogP contribution in [0.1, 0.15) is 22.8 Å². The Bertz CT molecular complexity index is 718. The van der Waals surface area contributed by atoms with Gasteiger partial charge in [0.1, 0.15) is 5.82 Å². The minimum absolute atomic E-state index is 0.286. The smallest absolute Gasteiger partial charge is 0.338 e. The van der Waals surface area contributed by atoms with Gasteiger partial charge < -0.3 is 10.1 Å². The predicted molar refractivity (Wildman–Crippen MR) is 89.4 cm³/mol. The zero-order valence-corrected chi connectivity index (χ0v) is 13.8. The molecule has 0 aliphatic heterocycles. The number of hydrogen-bond donors (Lipinski definition) is 1. The van der Waals surface area contributed by atoms with Gasteiger partial charge in [0.25, 0.3) is 5.91 Å². The summed E-state index contributed by atoms with van der Waals surface area (Å²) in [6.07, 6.45) is -0.370. The molecule has 0 saturated heterocycles. The largest absolute Gasteiger partial charge is 0.449 e. The maximum absolute atomic E-state index is 12.8. The molecule has 1 N–H and O–H groups in total. The normalized spacial score (nSPS) is 11.6. The first-order valence-electron chi connectivity index (χ1n) is 7.44. The highest BCUT2D eigenvalue weighted by molar-refractivity contribution is 6.30. The van der Waals surface area contributed by atoms with Gasteiger partial charge in [-0.1, -0.05) is 29.8 Å². The summed E-state index contributed by atoms with van der Waals surface area (Å²) in [5.41, 5.74) is 1.19. The number of ether oxygens (including phenoxy) is 1. The van der Waals surface area contributed by atoms with Crippen molar-refractivity contribution >= 4 is 23.5 Å². The van der Waals surface area contributed by atoms with Gasteiger partial charge in [-0.25, -0.2) is 9.18 Å². The molecule has 2 aromatic rings. The monoisotopic (exact) mass is 349 g/mol. The van der Waals surface area contributed by atoms with Crippen molar-refractivity contribution in [1.29, 1.82) is 0 Å². The van der Waals surface area contributed by atoms with Crippen molar-refractivity contribution in [1.82, 2.24) is 5.32 Å². The van der Waals surface area contributed by atoms with Crippen molar-refractivity contribution in [3.8, 4) is 0 Å². The van der Waals surface area contributed by atoms with Crippen LogP contribution in [0.15, 0.2) is 48.5 Å². The van der Waals surface area contributed by atoms with E-state index in [1.165, 1.54) is 25.1 Å². The van der Waals surface area contributed by atoms with Gasteiger partial charge in [0.05, 0.1) is 5.56 Å². The minimum atomic E-state index is -0.926. The van der Waals surface area contributed by atoms with Gasteiger partial charge in [-0.05, 0) is 49.2 Å². The highest BCUT2D eigenvalue weighted by Crippen LogP contribution is 2.12. The Morgan fingerprint density at radius 3 is 2.58 bits per heavy atom. The molecule has 126 valence electrons. The van der Waals surface area contributed by atoms with E-state index in [9.17, 15) is 14.0 Å². The third kappa shape index (κ3) is 5.35. The SMILES string of the molecule is C[C@H](OC(=O)c1cccc(Cl)c1)C(=O)NCCc1ccc(F)cc1. The molecule has 0 saturated carbocycles. The first kappa shape index (κ1) is 17.9. The second-order valence-corrected chi connectivity index (χ2v) is 5.66. The molecule has 2 aromatic carbocycles. The molecule has 0 aliphatic carbocycles. The van der Waals surface area contributed by atoms with E-state index in [0.717, 1.165) is 5.56 Å². The van der Waals surface area contributed by atoms with E-state index in [-0.39, 0.29) is 11.4 Å². The average molecular weight is 350 g/mol. The molecule has 0 heterocycles. The van der Waals surface area contributed by atoms with E-state index in [1.807, 2.05) is 0 Å². The lowest BCUT2D eigenvalue weighted by Crippen LogP contribution is -2.36. The number of benzene rings is 2. The first-order chi connectivity index (χ1) is 11.5. The lowest BCUT2D eigenvalue weighted by Gasteiger charge is -2.13. The molecule has 0 fully saturated rings. The summed E-state index contributed by atoms with van der Waals surface area (Å²) in [7, 11) is 0. The maximum Gasteiger partial charge on any atom is 0.338 e. The number of hydrogen-bond acceptors (Lipinski definition) is 3. The molecular weight excluding hydrogens is 333 g/mol. The van der Waals surface area contributed by atoms with Crippen molar-refractivity contribution in [3.05, 3.63) is 70.5 Å². The molecule has 0 aromatic heterocycles. The van der Waals surface area contributed by atoms with Crippen LogP contribution >= 0.6 is 11.6 Å². The van der Waals surface area contributed by atoms with Crippen LogP contribution in [0.3, 0.4) is 0 Å². The van der Waals surface area contributed by atoms with Gasteiger partial charge >= 0.3 is 5.97 Å². The van der Waals surface area contributed by atoms with Crippen molar-refractivity contribution in [3.63, 3.8) is 0 Å². The highest BCUT2D eigenvalue weighted by atomic mass is 35.5. The molecule has 4 nitrogen and oxygen atoms in total. The zero-order chi connectivity index (χ0) is 17.5. The molecule has 0 radical (unpaired) electrons. The number of carbonyl (C=O) groups excluding carboxylic acids is 2. The third-order valence-corrected chi connectivity index (χ3v) is 3.57. The quantitative estimate of drug-likeness (QED) is 0.813. The highest BCUT2D eigenvalue weighted by Gasteiger charge is 2.18. The first-order valence-corrected chi connectivity index (χ1v) is 7.82. The maximum atomic E-state index is 12.8. The van der Waals surface area contributed by atoms with Crippen LogP contribution in [-0.2, 0) is 16.0 Å². The average Bonchev–Trinajstić information content (AvgIpc) is 2.56. The second kappa shape index (κ2) is 8.45. The molecule has 0 spiro atoms. The second-order valence-electron chi connectivity index (χ2n) is 5.23. The molecule has 6 heteroatoms. The zero-order valence-electron chi connectivity index (χ0n) is 13.1. The summed E-state index contributed by atoms with van der Waals surface area (Å²) >= 11 is 5.81. The van der Waals surface area contributed by atoms with Crippen LogP contribution in [-0.4, -0.2) is 24.5 Å². The van der Waals surface area contributed by atoms with E-state index in [2.05, 4.69) is 5.32 Å². The summed E-state index contributed by atoms with van der Waals surface area (Å²) in [5, 5.41) is 3.10. The standard InChI is InChI=1S/C18H17ClFNO3/c1-12(24-18(23)14-3-2-4-15(19)11-14)17(22)21-10-9-13-5-7-16(20)8-6-13/h2-8,11-12H,9-10H2,1H3,(H,21,22)/t12-/m0/s1. The summed E-state index contributed by atoms with van der Waals surface area (Å²) in [6.45, 7) is 1.86. The molecule has 2 rings (SSSR count). The van der Waals surface area contributed by atoms with Gasteiger partial charge in [-0.2, -0.15) is 0 Å². The fraction of sp³-hybridized carbons (Fsp3) is 0.222. The molecule has 0 bridgehead atoms. The lowest BCUT2D eigenvalue weighted by atomic mass is 10.1. The van der Waals surface area contributed by atoms with Gasteiger partial charge in [0.2, 0.25) is 0 Å². The molecular formula is C18H17ClFNO3. The lowest BCUT2D eigenvalue weighted by molar-refractivity contribution is -0.129. The van der Waals surface area contributed by atoms with Gasteiger partial charge in [0.15, 0.2) is 6.10 Å². The van der Waals surface area contributed by atoms with Crippen LogP contribution in [0.25, 0.3) is 0 Å². The predicted octanol–water partition coefficient (Wildman–Crippen LogP) is 3.38. The Balaban J connectivity index is 1.79. The summed E-state index contributed by atoms with van der Waals surface area (Å²) < 4.78 is 17.9. The van der Waals surface area contributed by atoms with E-state index in [4.69, 9.17) is 16.3 Å². The van der Waals surface area contributed by atoms with Crippen molar-refractivity contribution in [2.45, 2.75) is 19.4 Å². The summed E-state index contributed by atoms with van der Waals surface area (Å²) in [4.78, 5) is 23.9. The van der Waals surface area contributed by atoms with Crippen molar-refractivity contribution in [2.75, 3.05) is 6.54 Å². The van der Waals surface area contributed by atoms with Gasteiger partial charge in [0, 0.05) is 11.6 Å². The number of carbonyl (C=O) groups is 2. The van der Waals surface area contributed by atoms with Crippen LogP contribution in [0.5, 0.6) is 0 Å². The molecule has 1 amide bonds. The number of nitrogens with one attached hydrogen (secondary N) is 1. The van der Waals surface area contributed by atoms with Crippen LogP contribution < -0.4 is 5.32 Å². The third-order valence-electron chi connectivity index (χ3n) is 3.34. The van der Waals surface area contributed by atoms with E-state index >= 15 is 0 Å². The number of esters is 1. The fourth-order valence-corrected chi connectivity index (χ4v) is 2.21. The molecule has 0 unspecified atom stereocenters. The summed E-state index contributed by atoms with van der Waals surface area (Å²) in [6, 6.07) is 12.4. The Labute approximate surface area is 144 Å². The Morgan fingerprint density at radius 2 is 1.92 bits per heavy atom. The number of rotatable bonds is 6. The molecule has 1 atom stereocenters. The van der Waals surface area contributed by atoms with E-state index < -0.39 is 18.0 Å². The van der Waals surface area contributed by atoms with Crippen LogP contribution in [0.2, 0.25) is 5.02 Å². The summed E-state index contributed by atoms with van der Waals surface area (Å²) in [5.74, 6) is -1.31. The fourth-order valence-electron chi connectivity index (χ4n) is 2.02. The van der Waals surface area contributed by atoms with Crippen molar-refractivity contribution < 1.29 is 18.7 Å².